The van der Waals surface area contributed by atoms with Crippen molar-refractivity contribution in [3.63, 3.8) is 0 Å². The van der Waals surface area contributed by atoms with Gasteiger partial charge in [0, 0.05) is 42.8 Å². The summed E-state index contributed by atoms with van der Waals surface area (Å²) in [6.07, 6.45) is 0.123. The number of fused-ring (bicyclic) bond motifs is 1. The van der Waals surface area contributed by atoms with Gasteiger partial charge in [-0.2, -0.15) is 5.26 Å². The van der Waals surface area contributed by atoms with Crippen LogP contribution in [-0.2, 0) is 11.3 Å². The van der Waals surface area contributed by atoms with Gasteiger partial charge in [0.05, 0.1) is 24.2 Å². The molecular weight excluding hydrogens is 399 g/mol. The Bertz CT molecular complexity index is 1180. The van der Waals surface area contributed by atoms with Gasteiger partial charge in [-0.15, -0.1) is 10.2 Å². The molecule has 0 spiro atoms. The number of nitriles is 1. The Kier molecular flexibility index (Phi) is 5.64. The minimum Gasteiger partial charge on any atom is -0.507 e. The highest BCUT2D eigenvalue weighted by molar-refractivity contribution is 5.91. The van der Waals surface area contributed by atoms with Gasteiger partial charge in [-0.25, -0.2) is 4.39 Å². The zero-order valence-corrected chi connectivity index (χ0v) is 16.8. The number of aromatic nitrogens is 3. The summed E-state index contributed by atoms with van der Waals surface area (Å²) in [6, 6.07) is 12.5. The number of halogens is 1. The molecular formula is C22H21FN6O2. The van der Waals surface area contributed by atoms with E-state index in [4.69, 9.17) is 5.26 Å². The molecule has 1 fully saturated rings. The lowest BCUT2D eigenvalue weighted by atomic mass is 10.1. The molecule has 0 saturated carbocycles. The van der Waals surface area contributed by atoms with Crippen molar-refractivity contribution in [2.24, 2.45) is 0 Å². The number of para-hydroxylation sites is 1. The number of nitrogens with one attached hydrogen (secondary N) is 1. The largest absolute Gasteiger partial charge is 0.507 e. The zero-order chi connectivity index (χ0) is 22.0. The van der Waals surface area contributed by atoms with Gasteiger partial charge >= 0.3 is 0 Å². The summed E-state index contributed by atoms with van der Waals surface area (Å²) in [4.78, 5) is 18.8. The van der Waals surface area contributed by atoms with Crippen molar-refractivity contribution in [3.8, 4) is 23.1 Å². The van der Waals surface area contributed by atoms with E-state index in [1.165, 1.54) is 4.90 Å². The molecule has 1 aromatic carbocycles. The number of rotatable bonds is 5. The van der Waals surface area contributed by atoms with Crippen LogP contribution in [0.3, 0.4) is 0 Å². The number of benzene rings is 1. The van der Waals surface area contributed by atoms with Gasteiger partial charge in [0.1, 0.15) is 5.75 Å². The molecule has 1 unspecified atom stereocenters. The van der Waals surface area contributed by atoms with Gasteiger partial charge in [-0.1, -0.05) is 18.7 Å². The van der Waals surface area contributed by atoms with E-state index in [-0.39, 0.29) is 12.2 Å². The van der Waals surface area contributed by atoms with Crippen LogP contribution in [-0.4, -0.2) is 61.7 Å². The van der Waals surface area contributed by atoms with Crippen molar-refractivity contribution >= 4 is 16.9 Å². The third kappa shape index (κ3) is 4.25. The monoisotopic (exact) mass is 420 g/mol. The molecule has 2 N–H and O–H groups in total. The van der Waals surface area contributed by atoms with Crippen LogP contribution in [0.2, 0.25) is 0 Å². The van der Waals surface area contributed by atoms with E-state index in [9.17, 15) is 14.3 Å². The molecule has 8 nitrogen and oxygen atoms in total. The summed E-state index contributed by atoms with van der Waals surface area (Å²) >= 11 is 0. The van der Waals surface area contributed by atoms with Gasteiger partial charge < -0.3 is 15.0 Å². The SMILES string of the molecule is C=C(F)C(=O)N1CCN(Cc2cc3cc(-c4ccccc4O)nnc3[nH]2)CC1CC#N. The van der Waals surface area contributed by atoms with Crippen molar-refractivity contribution in [2.45, 2.75) is 19.0 Å². The second kappa shape index (κ2) is 8.53. The van der Waals surface area contributed by atoms with Crippen LogP contribution >= 0.6 is 0 Å². The lowest BCUT2D eigenvalue weighted by Crippen LogP contribution is -2.54. The first-order chi connectivity index (χ1) is 15.0. The quantitative estimate of drug-likeness (QED) is 0.615. The predicted octanol–water partition coefficient (Wildman–Crippen LogP) is 2.74. The molecule has 158 valence electrons. The van der Waals surface area contributed by atoms with Crippen molar-refractivity contribution < 1.29 is 14.3 Å². The molecule has 0 radical (unpaired) electrons. The third-order valence-electron chi connectivity index (χ3n) is 5.39. The fraction of sp³-hybridized carbons (Fsp3) is 0.273. The fourth-order valence-corrected chi connectivity index (χ4v) is 3.90. The number of carbonyl (C=O) groups is 1. The Morgan fingerprint density at radius 3 is 2.87 bits per heavy atom. The summed E-state index contributed by atoms with van der Waals surface area (Å²) in [5.41, 5.74) is 2.72. The molecule has 3 aromatic rings. The molecule has 1 amide bonds. The number of hydrogen-bond donors (Lipinski definition) is 2. The van der Waals surface area contributed by atoms with Gasteiger partial charge in [0.15, 0.2) is 11.5 Å². The van der Waals surface area contributed by atoms with Crippen molar-refractivity contribution in [3.05, 3.63) is 54.5 Å². The minimum absolute atomic E-state index is 0.123. The van der Waals surface area contributed by atoms with Crippen LogP contribution in [0.25, 0.3) is 22.3 Å². The summed E-state index contributed by atoms with van der Waals surface area (Å²) in [5.74, 6) is -1.62. The molecule has 31 heavy (non-hydrogen) atoms. The van der Waals surface area contributed by atoms with Gasteiger partial charge in [0.25, 0.3) is 5.91 Å². The number of aromatic hydroxyl groups is 1. The van der Waals surface area contributed by atoms with Gasteiger partial charge in [0.2, 0.25) is 0 Å². The average molecular weight is 420 g/mol. The average Bonchev–Trinajstić information content (AvgIpc) is 3.15. The molecule has 1 atom stereocenters. The predicted molar refractivity (Wildman–Crippen MR) is 112 cm³/mol. The topological polar surface area (TPSA) is 109 Å². The van der Waals surface area contributed by atoms with E-state index in [1.807, 2.05) is 18.2 Å². The van der Waals surface area contributed by atoms with E-state index >= 15 is 0 Å². The molecule has 1 aliphatic rings. The van der Waals surface area contributed by atoms with Crippen LogP contribution in [0.5, 0.6) is 5.75 Å². The van der Waals surface area contributed by atoms with E-state index in [0.29, 0.717) is 43.1 Å². The number of piperazine rings is 1. The Morgan fingerprint density at radius 1 is 1.32 bits per heavy atom. The highest BCUT2D eigenvalue weighted by Crippen LogP contribution is 2.28. The van der Waals surface area contributed by atoms with Crippen LogP contribution in [0.1, 0.15) is 12.1 Å². The Morgan fingerprint density at radius 2 is 2.13 bits per heavy atom. The fourth-order valence-electron chi connectivity index (χ4n) is 3.90. The van der Waals surface area contributed by atoms with Gasteiger partial charge in [-0.3, -0.25) is 9.69 Å². The molecule has 9 heteroatoms. The minimum atomic E-state index is -1.01. The molecule has 0 aliphatic carbocycles. The van der Waals surface area contributed by atoms with Crippen LogP contribution in [0.4, 0.5) is 4.39 Å². The number of hydrogen-bond acceptors (Lipinski definition) is 6. The first-order valence-electron chi connectivity index (χ1n) is 9.84. The number of nitrogens with zero attached hydrogens (tertiary/aromatic N) is 5. The highest BCUT2D eigenvalue weighted by Gasteiger charge is 2.31. The molecule has 1 saturated heterocycles. The van der Waals surface area contributed by atoms with Crippen molar-refractivity contribution in [2.75, 3.05) is 19.6 Å². The van der Waals surface area contributed by atoms with E-state index in [1.54, 1.807) is 18.2 Å². The maximum absolute atomic E-state index is 13.3. The summed E-state index contributed by atoms with van der Waals surface area (Å²) in [7, 11) is 0. The number of phenols is 1. The number of amides is 1. The normalized spacial score (nSPS) is 16.9. The Labute approximate surface area is 178 Å². The number of phenolic OH excluding ortho intramolecular Hbond substituents is 1. The number of H-pyrrole nitrogens is 1. The first-order valence-corrected chi connectivity index (χ1v) is 9.84. The zero-order valence-electron chi connectivity index (χ0n) is 16.8. The molecule has 3 heterocycles. The Hall–Kier alpha value is -3.77. The standard InChI is InChI=1S/C22H21FN6O2/c1-14(23)22(31)29-9-8-28(13-17(29)6-7-24)12-16-10-15-11-19(26-27-21(15)25-16)18-4-2-3-5-20(18)30/h2-5,10-11,17,30H,1,6,8-9,12-13H2,(H,25,27). The van der Waals surface area contributed by atoms with Crippen LogP contribution in [0, 0.1) is 11.3 Å². The second-order valence-electron chi connectivity index (χ2n) is 7.50. The Balaban J connectivity index is 1.51. The molecule has 0 bridgehead atoms. The lowest BCUT2D eigenvalue weighted by Gasteiger charge is -2.40. The summed E-state index contributed by atoms with van der Waals surface area (Å²) < 4.78 is 13.3. The number of aromatic amines is 1. The van der Waals surface area contributed by atoms with Gasteiger partial charge in [-0.05, 0) is 24.3 Å². The third-order valence-corrected chi connectivity index (χ3v) is 5.39. The van der Waals surface area contributed by atoms with E-state index < -0.39 is 17.8 Å². The molecule has 4 rings (SSSR count). The maximum Gasteiger partial charge on any atom is 0.282 e. The number of carbonyl (C=O) groups excluding carboxylic acids is 1. The van der Waals surface area contributed by atoms with Crippen molar-refractivity contribution in [1.82, 2.24) is 25.0 Å². The first kappa shape index (κ1) is 20.5. The second-order valence-corrected chi connectivity index (χ2v) is 7.50. The molecule has 2 aromatic heterocycles. The maximum atomic E-state index is 13.3. The summed E-state index contributed by atoms with van der Waals surface area (Å²) in [5, 5.41) is 28.5. The van der Waals surface area contributed by atoms with Crippen molar-refractivity contribution in [1.29, 1.82) is 5.26 Å². The van der Waals surface area contributed by atoms with Crippen LogP contribution in [0.15, 0.2) is 48.8 Å². The smallest absolute Gasteiger partial charge is 0.282 e. The van der Waals surface area contributed by atoms with Crippen LogP contribution < -0.4 is 0 Å². The van der Waals surface area contributed by atoms with E-state index in [0.717, 1.165) is 11.1 Å². The van der Waals surface area contributed by atoms with E-state index in [2.05, 4.69) is 32.7 Å². The lowest BCUT2D eigenvalue weighted by molar-refractivity contribution is -0.133. The molecule has 1 aliphatic heterocycles. The summed E-state index contributed by atoms with van der Waals surface area (Å²) in [6.45, 7) is 4.97. The highest BCUT2D eigenvalue weighted by atomic mass is 19.1.